The molecule has 118 valence electrons. The molecule has 6 nitrogen and oxygen atoms in total. The first kappa shape index (κ1) is 15.9. The maximum atomic E-state index is 12.0. The van der Waals surface area contributed by atoms with Crippen LogP contribution in [0.15, 0.2) is 6.20 Å². The highest BCUT2D eigenvalue weighted by molar-refractivity contribution is 5.75. The summed E-state index contributed by atoms with van der Waals surface area (Å²) in [6, 6.07) is 0.344. The summed E-state index contributed by atoms with van der Waals surface area (Å²) >= 11 is 0. The van der Waals surface area contributed by atoms with Gasteiger partial charge in [-0.1, -0.05) is 24.5 Å². The van der Waals surface area contributed by atoms with Crippen molar-refractivity contribution in [1.29, 1.82) is 0 Å². The summed E-state index contributed by atoms with van der Waals surface area (Å²) in [5.74, 6) is 0.0298. The van der Waals surface area contributed by atoms with Gasteiger partial charge in [-0.05, 0) is 33.6 Å². The van der Waals surface area contributed by atoms with Crippen molar-refractivity contribution in [3.05, 3.63) is 11.9 Å². The van der Waals surface area contributed by atoms with E-state index in [1.807, 2.05) is 6.20 Å². The maximum Gasteiger partial charge on any atom is 0.242 e. The van der Waals surface area contributed by atoms with E-state index in [0.29, 0.717) is 12.6 Å². The van der Waals surface area contributed by atoms with E-state index in [-0.39, 0.29) is 18.0 Å². The molecule has 0 aromatic carbocycles. The van der Waals surface area contributed by atoms with Gasteiger partial charge in [0, 0.05) is 18.1 Å². The van der Waals surface area contributed by atoms with Gasteiger partial charge in [0.2, 0.25) is 5.91 Å². The van der Waals surface area contributed by atoms with Gasteiger partial charge in [0.05, 0.1) is 11.9 Å². The fourth-order valence-electron chi connectivity index (χ4n) is 2.52. The SMILES string of the molecule is CC(C)(C)NCc1cn(CC(=O)NC2CCCCC2)nn1. The van der Waals surface area contributed by atoms with Crippen molar-refractivity contribution >= 4 is 5.91 Å². The molecule has 1 aromatic heterocycles. The predicted molar refractivity (Wildman–Crippen MR) is 81.6 cm³/mol. The van der Waals surface area contributed by atoms with Crippen LogP contribution in [0.1, 0.15) is 58.6 Å². The molecule has 0 bridgehead atoms. The van der Waals surface area contributed by atoms with Gasteiger partial charge >= 0.3 is 0 Å². The minimum absolute atomic E-state index is 0.0298. The Hall–Kier alpha value is -1.43. The zero-order valence-corrected chi connectivity index (χ0v) is 13.4. The Labute approximate surface area is 126 Å². The lowest BCUT2D eigenvalue weighted by Crippen LogP contribution is -2.38. The number of rotatable bonds is 5. The van der Waals surface area contributed by atoms with Crippen LogP contribution >= 0.6 is 0 Å². The molecule has 0 radical (unpaired) electrons. The van der Waals surface area contributed by atoms with Crippen LogP contribution in [0.2, 0.25) is 0 Å². The molecule has 21 heavy (non-hydrogen) atoms. The largest absolute Gasteiger partial charge is 0.352 e. The quantitative estimate of drug-likeness (QED) is 0.865. The van der Waals surface area contributed by atoms with Crippen molar-refractivity contribution in [2.45, 2.75) is 77.5 Å². The van der Waals surface area contributed by atoms with E-state index in [0.717, 1.165) is 18.5 Å². The smallest absolute Gasteiger partial charge is 0.242 e. The fourth-order valence-corrected chi connectivity index (χ4v) is 2.52. The highest BCUT2D eigenvalue weighted by atomic mass is 16.2. The van der Waals surface area contributed by atoms with Crippen LogP contribution in [0.3, 0.4) is 0 Å². The Morgan fingerprint density at radius 2 is 2.05 bits per heavy atom. The molecule has 1 aliphatic rings. The van der Waals surface area contributed by atoms with Crippen molar-refractivity contribution in [3.8, 4) is 0 Å². The van der Waals surface area contributed by atoms with E-state index < -0.39 is 0 Å². The average Bonchev–Trinajstić information content (AvgIpc) is 2.84. The minimum Gasteiger partial charge on any atom is -0.352 e. The number of aromatic nitrogens is 3. The van der Waals surface area contributed by atoms with Crippen molar-refractivity contribution in [3.63, 3.8) is 0 Å². The molecular formula is C15H27N5O. The maximum absolute atomic E-state index is 12.0. The van der Waals surface area contributed by atoms with Gasteiger partial charge in [-0.15, -0.1) is 5.10 Å². The standard InChI is InChI=1S/C15H27N5O/c1-15(2,3)16-9-13-10-20(19-18-13)11-14(21)17-12-7-5-4-6-8-12/h10,12,16H,4-9,11H2,1-3H3,(H,17,21). The van der Waals surface area contributed by atoms with Crippen molar-refractivity contribution < 1.29 is 4.79 Å². The van der Waals surface area contributed by atoms with Gasteiger partial charge in [0.15, 0.2) is 0 Å². The van der Waals surface area contributed by atoms with Crippen molar-refractivity contribution in [1.82, 2.24) is 25.6 Å². The fraction of sp³-hybridized carbons (Fsp3) is 0.800. The van der Waals surface area contributed by atoms with E-state index >= 15 is 0 Å². The Morgan fingerprint density at radius 3 is 2.71 bits per heavy atom. The van der Waals surface area contributed by atoms with E-state index in [1.165, 1.54) is 19.3 Å². The van der Waals surface area contributed by atoms with Crippen LogP contribution in [-0.4, -0.2) is 32.5 Å². The third kappa shape index (κ3) is 5.83. The Bertz CT molecular complexity index is 457. The number of carbonyl (C=O) groups is 1. The Kier molecular flexibility index (Phi) is 5.33. The predicted octanol–water partition coefficient (Wildman–Crippen LogP) is 1.62. The molecule has 1 aliphatic carbocycles. The molecule has 2 N–H and O–H groups in total. The molecule has 1 fully saturated rings. The zero-order valence-electron chi connectivity index (χ0n) is 13.4. The number of hydrogen-bond acceptors (Lipinski definition) is 4. The van der Waals surface area contributed by atoms with Crippen LogP contribution in [0.25, 0.3) is 0 Å². The van der Waals surface area contributed by atoms with Gasteiger partial charge in [-0.3, -0.25) is 4.79 Å². The number of carbonyl (C=O) groups excluding carboxylic acids is 1. The molecule has 1 aromatic rings. The third-order valence-corrected chi connectivity index (χ3v) is 3.66. The van der Waals surface area contributed by atoms with Crippen LogP contribution < -0.4 is 10.6 Å². The highest BCUT2D eigenvalue weighted by Gasteiger charge is 2.16. The molecule has 6 heteroatoms. The molecule has 0 aliphatic heterocycles. The Morgan fingerprint density at radius 1 is 1.33 bits per heavy atom. The van der Waals surface area contributed by atoms with E-state index in [1.54, 1.807) is 4.68 Å². The summed E-state index contributed by atoms with van der Waals surface area (Å²) in [5.41, 5.74) is 0.901. The second kappa shape index (κ2) is 7.02. The third-order valence-electron chi connectivity index (χ3n) is 3.66. The molecule has 0 saturated heterocycles. The molecule has 0 atom stereocenters. The summed E-state index contributed by atoms with van der Waals surface area (Å²) in [6.45, 7) is 7.23. The Balaban J connectivity index is 1.77. The molecule has 0 unspecified atom stereocenters. The van der Waals surface area contributed by atoms with Crippen LogP contribution in [-0.2, 0) is 17.9 Å². The van der Waals surface area contributed by atoms with Gasteiger partial charge < -0.3 is 10.6 Å². The summed E-state index contributed by atoms with van der Waals surface area (Å²) in [5, 5.41) is 14.5. The highest BCUT2D eigenvalue weighted by Crippen LogP contribution is 2.17. The van der Waals surface area contributed by atoms with E-state index in [9.17, 15) is 4.79 Å². The number of nitrogens with zero attached hydrogens (tertiary/aromatic N) is 3. The first-order valence-corrected chi connectivity index (χ1v) is 7.86. The molecule has 2 rings (SSSR count). The van der Waals surface area contributed by atoms with Crippen LogP contribution in [0, 0.1) is 0 Å². The minimum atomic E-state index is 0.0298. The second-order valence-corrected chi connectivity index (χ2v) is 6.91. The van der Waals surface area contributed by atoms with Crippen LogP contribution in [0.4, 0.5) is 0 Å². The normalized spacial score (nSPS) is 16.9. The summed E-state index contributed by atoms with van der Waals surface area (Å²) in [4.78, 5) is 12.0. The van der Waals surface area contributed by atoms with Gasteiger partial charge in [0.25, 0.3) is 0 Å². The molecule has 1 heterocycles. The summed E-state index contributed by atoms with van der Waals surface area (Å²) in [6.07, 6.45) is 7.76. The monoisotopic (exact) mass is 293 g/mol. The first-order valence-electron chi connectivity index (χ1n) is 7.86. The average molecular weight is 293 g/mol. The summed E-state index contributed by atoms with van der Waals surface area (Å²) in [7, 11) is 0. The molecule has 1 saturated carbocycles. The first-order chi connectivity index (χ1) is 9.92. The van der Waals surface area contributed by atoms with E-state index in [2.05, 4.69) is 41.7 Å². The lowest BCUT2D eigenvalue weighted by Gasteiger charge is -2.22. The van der Waals surface area contributed by atoms with Gasteiger partial charge in [-0.2, -0.15) is 0 Å². The molecule has 1 amide bonds. The molecule has 0 spiro atoms. The number of amides is 1. The second-order valence-electron chi connectivity index (χ2n) is 6.91. The van der Waals surface area contributed by atoms with Crippen molar-refractivity contribution in [2.24, 2.45) is 0 Å². The van der Waals surface area contributed by atoms with Crippen molar-refractivity contribution in [2.75, 3.05) is 0 Å². The van der Waals surface area contributed by atoms with Crippen LogP contribution in [0.5, 0.6) is 0 Å². The topological polar surface area (TPSA) is 71.8 Å². The lowest BCUT2D eigenvalue weighted by atomic mass is 9.95. The zero-order chi connectivity index (χ0) is 15.3. The molecular weight excluding hydrogens is 266 g/mol. The van der Waals surface area contributed by atoms with Gasteiger partial charge in [0.1, 0.15) is 6.54 Å². The lowest BCUT2D eigenvalue weighted by molar-refractivity contribution is -0.122. The summed E-state index contributed by atoms with van der Waals surface area (Å²) < 4.78 is 1.61. The van der Waals surface area contributed by atoms with Gasteiger partial charge in [-0.25, -0.2) is 4.68 Å². The van der Waals surface area contributed by atoms with E-state index in [4.69, 9.17) is 0 Å². The number of nitrogens with one attached hydrogen (secondary N) is 2. The number of hydrogen-bond donors (Lipinski definition) is 2.